The van der Waals surface area contributed by atoms with Gasteiger partial charge >= 0.3 is 11.7 Å². The van der Waals surface area contributed by atoms with Crippen LogP contribution >= 0.6 is 0 Å². The molecule has 21 heavy (non-hydrogen) atoms. The number of fused-ring (bicyclic) bond motifs is 1. The summed E-state index contributed by atoms with van der Waals surface area (Å²) in [5.41, 5.74) is 6.36. The first-order valence-corrected chi connectivity index (χ1v) is 6.55. The molecule has 0 unspecified atom stereocenters. The van der Waals surface area contributed by atoms with Gasteiger partial charge in [-0.1, -0.05) is 12.1 Å². The van der Waals surface area contributed by atoms with Crippen molar-refractivity contribution in [2.75, 3.05) is 0 Å². The van der Waals surface area contributed by atoms with Gasteiger partial charge in [-0.25, -0.2) is 4.79 Å². The largest absolute Gasteiger partial charge is 0.453 e. The SMILES string of the molecule is C[C@@H](OC(=O)CCn1c(=O)n(C)c2ccccc21)C(N)=O. The summed E-state index contributed by atoms with van der Waals surface area (Å²) in [5, 5.41) is 0. The quantitative estimate of drug-likeness (QED) is 0.793. The van der Waals surface area contributed by atoms with E-state index in [1.807, 2.05) is 24.3 Å². The number of benzene rings is 1. The Bertz CT molecular complexity index is 744. The van der Waals surface area contributed by atoms with E-state index in [-0.39, 0.29) is 18.7 Å². The van der Waals surface area contributed by atoms with Crippen LogP contribution in [-0.2, 0) is 27.9 Å². The number of amides is 1. The molecule has 7 heteroatoms. The molecule has 1 heterocycles. The van der Waals surface area contributed by atoms with Crippen molar-refractivity contribution in [2.45, 2.75) is 26.0 Å². The average molecular weight is 291 g/mol. The number of primary amides is 1. The van der Waals surface area contributed by atoms with E-state index >= 15 is 0 Å². The summed E-state index contributed by atoms with van der Waals surface area (Å²) in [6.45, 7) is 1.59. The molecule has 0 spiro atoms. The Hall–Kier alpha value is -2.57. The number of para-hydroxylation sites is 2. The van der Waals surface area contributed by atoms with Gasteiger partial charge in [-0.15, -0.1) is 0 Å². The van der Waals surface area contributed by atoms with E-state index in [0.29, 0.717) is 0 Å². The van der Waals surface area contributed by atoms with Gasteiger partial charge in [0.15, 0.2) is 6.10 Å². The predicted octanol–water partition coefficient (Wildman–Crippen LogP) is 0.147. The van der Waals surface area contributed by atoms with Crippen LogP contribution in [0.25, 0.3) is 11.0 Å². The van der Waals surface area contributed by atoms with Gasteiger partial charge in [0, 0.05) is 13.6 Å². The van der Waals surface area contributed by atoms with Crippen molar-refractivity contribution in [1.29, 1.82) is 0 Å². The Kier molecular flexibility index (Phi) is 4.11. The van der Waals surface area contributed by atoms with E-state index in [2.05, 4.69) is 0 Å². The van der Waals surface area contributed by atoms with Gasteiger partial charge in [-0.05, 0) is 19.1 Å². The molecule has 0 aliphatic rings. The average Bonchev–Trinajstić information content (AvgIpc) is 2.69. The summed E-state index contributed by atoms with van der Waals surface area (Å²) in [6, 6.07) is 7.31. The number of rotatable bonds is 5. The second-order valence-corrected chi connectivity index (χ2v) is 4.77. The van der Waals surface area contributed by atoms with Gasteiger partial charge in [0.1, 0.15) is 0 Å². The molecule has 2 aromatic rings. The number of esters is 1. The number of carbonyl (C=O) groups excluding carboxylic acids is 2. The molecule has 2 rings (SSSR count). The number of nitrogens with two attached hydrogens (primary N) is 1. The molecule has 2 N–H and O–H groups in total. The zero-order chi connectivity index (χ0) is 15.6. The third-order valence-corrected chi connectivity index (χ3v) is 3.30. The van der Waals surface area contributed by atoms with Crippen LogP contribution in [0.5, 0.6) is 0 Å². The third-order valence-electron chi connectivity index (χ3n) is 3.30. The Labute approximate surface area is 120 Å². The third kappa shape index (κ3) is 2.96. The molecule has 1 atom stereocenters. The smallest absolute Gasteiger partial charge is 0.328 e. The van der Waals surface area contributed by atoms with Crippen molar-refractivity contribution in [3.05, 3.63) is 34.7 Å². The van der Waals surface area contributed by atoms with Crippen LogP contribution in [0.2, 0.25) is 0 Å². The van der Waals surface area contributed by atoms with Crippen molar-refractivity contribution in [2.24, 2.45) is 12.8 Å². The summed E-state index contributed by atoms with van der Waals surface area (Å²) in [4.78, 5) is 34.6. The van der Waals surface area contributed by atoms with E-state index in [1.54, 1.807) is 7.05 Å². The number of ether oxygens (including phenoxy) is 1. The Morgan fingerprint density at radius 2 is 1.90 bits per heavy atom. The molecular weight excluding hydrogens is 274 g/mol. The highest BCUT2D eigenvalue weighted by atomic mass is 16.5. The van der Waals surface area contributed by atoms with Crippen LogP contribution in [0.15, 0.2) is 29.1 Å². The fourth-order valence-corrected chi connectivity index (χ4v) is 2.10. The lowest BCUT2D eigenvalue weighted by atomic mass is 10.3. The van der Waals surface area contributed by atoms with Crippen LogP contribution in [0, 0.1) is 0 Å². The fraction of sp³-hybridized carbons (Fsp3) is 0.357. The zero-order valence-corrected chi connectivity index (χ0v) is 11.9. The number of hydrogen-bond acceptors (Lipinski definition) is 4. The molecule has 0 bridgehead atoms. The molecule has 1 aromatic heterocycles. The number of aryl methyl sites for hydroxylation is 2. The van der Waals surface area contributed by atoms with E-state index < -0.39 is 18.0 Å². The first-order chi connectivity index (χ1) is 9.91. The molecule has 0 fully saturated rings. The molecule has 112 valence electrons. The lowest BCUT2D eigenvalue weighted by Gasteiger charge is -2.09. The maximum Gasteiger partial charge on any atom is 0.328 e. The topological polar surface area (TPSA) is 96.3 Å². The number of imidazole rings is 1. The van der Waals surface area contributed by atoms with Gasteiger partial charge < -0.3 is 10.5 Å². The highest BCUT2D eigenvalue weighted by molar-refractivity contribution is 5.82. The Morgan fingerprint density at radius 3 is 2.52 bits per heavy atom. The Balaban J connectivity index is 2.14. The van der Waals surface area contributed by atoms with E-state index in [0.717, 1.165) is 11.0 Å². The van der Waals surface area contributed by atoms with Crippen molar-refractivity contribution >= 4 is 22.9 Å². The summed E-state index contributed by atoms with van der Waals surface area (Å²) < 4.78 is 7.88. The van der Waals surface area contributed by atoms with E-state index in [4.69, 9.17) is 10.5 Å². The first kappa shape index (κ1) is 14.8. The molecule has 1 aromatic carbocycles. The minimum atomic E-state index is -0.971. The van der Waals surface area contributed by atoms with Crippen LogP contribution < -0.4 is 11.4 Å². The first-order valence-electron chi connectivity index (χ1n) is 6.55. The monoisotopic (exact) mass is 291 g/mol. The molecule has 7 nitrogen and oxygen atoms in total. The van der Waals surface area contributed by atoms with Crippen molar-refractivity contribution in [3.8, 4) is 0 Å². The lowest BCUT2D eigenvalue weighted by molar-refractivity contribution is -0.153. The number of carbonyl (C=O) groups is 2. The maximum atomic E-state index is 12.1. The predicted molar refractivity (Wildman–Crippen MR) is 76.5 cm³/mol. The van der Waals surface area contributed by atoms with E-state index in [9.17, 15) is 14.4 Å². The maximum absolute atomic E-state index is 12.1. The zero-order valence-electron chi connectivity index (χ0n) is 11.9. The van der Waals surface area contributed by atoms with Gasteiger partial charge in [0.25, 0.3) is 5.91 Å². The van der Waals surface area contributed by atoms with Crippen molar-refractivity contribution < 1.29 is 14.3 Å². The van der Waals surface area contributed by atoms with Gasteiger partial charge in [-0.2, -0.15) is 0 Å². The van der Waals surface area contributed by atoms with Crippen LogP contribution in [0.3, 0.4) is 0 Å². The van der Waals surface area contributed by atoms with Gasteiger partial charge in [0.05, 0.1) is 17.5 Å². The minimum absolute atomic E-state index is 0.00840. The van der Waals surface area contributed by atoms with Crippen LogP contribution in [0.4, 0.5) is 0 Å². The standard InChI is InChI=1S/C14H17N3O4/c1-9(13(15)19)21-12(18)7-8-17-11-6-4-3-5-10(11)16(2)14(17)20/h3-6,9H,7-8H2,1-2H3,(H2,15,19)/t9-/m1/s1. The van der Waals surface area contributed by atoms with Crippen LogP contribution in [-0.4, -0.2) is 27.1 Å². The molecule has 0 radical (unpaired) electrons. The van der Waals surface area contributed by atoms with E-state index in [1.165, 1.54) is 16.1 Å². The lowest BCUT2D eigenvalue weighted by Crippen LogP contribution is -2.31. The van der Waals surface area contributed by atoms with Gasteiger partial charge in [0.2, 0.25) is 0 Å². The Morgan fingerprint density at radius 1 is 1.29 bits per heavy atom. The summed E-state index contributed by atoms with van der Waals surface area (Å²) in [7, 11) is 1.68. The summed E-state index contributed by atoms with van der Waals surface area (Å²) in [5.74, 6) is -1.27. The molecule has 0 saturated heterocycles. The molecule has 0 aliphatic heterocycles. The van der Waals surface area contributed by atoms with Crippen molar-refractivity contribution in [3.63, 3.8) is 0 Å². The summed E-state index contributed by atoms with van der Waals surface area (Å²) in [6.07, 6.45) is -0.979. The second kappa shape index (κ2) is 5.82. The molecular formula is C14H17N3O4. The second-order valence-electron chi connectivity index (χ2n) is 4.77. The number of aromatic nitrogens is 2. The minimum Gasteiger partial charge on any atom is -0.453 e. The summed E-state index contributed by atoms with van der Waals surface area (Å²) >= 11 is 0. The van der Waals surface area contributed by atoms with Gasteiger partial charge in [-0.3, -0.25) is 18.7 Å². The number of nitrogens with zero attached hydrogens (tertiary/aromatic N) is 2. The van der Waals surface area contributed by atoms with Crippen LogP contribution in [0.1, 0.15) is 13.3 Å². The molecule has 0 aliphatic carbocycles. The molecule has 1 amide bonds. The number of hydrogen-bond donors (Lipinski definition) is 1. The highest BCUT2D eigenvalue weighted by Crippen LogP contribution is 2.12. The van der Waals surface area contributed by atoms with Crippen molar-refractivity contribution in [1.82, 2.24) is 9.13 Å². The fourth-order valence-electron chi connectivity index (χ4n) is 2.10. The molecule has 0 saturated carbocycles. The normalized spacial score (nSPS) is 12.3. The highest BCUT2D eigenvalue weighted by Gasteiger charge is 2.16.